The van der Waals surface area contributed by atoms with E-state index in [4.69, 9.17) is 5.73 Å². The van der Waals surface area contributed by atoms with Gasteiger partial charge < -0.3 is 15.7 Å². The molecule has 1 aliphatic rings. The van der Waals surface area contributed by atoms with Crippen LogP contribution in [0.1, 0.15) is 16.8 Å². The Bertz CT molecular complexity index is 422. The van der Waals surface area contributed by atoms with Gasteiger partial charge in [0.2, 0.25) is 0 Å². The van der Waals surface area contributed by atoms with Crippen LogP contribution in [0.4, 0.5) is 5.69 Å². The molecule has 4 nitrogen and oxygen atoms in total. The standard InChI is InChI=1S/C11H13BrN2O2/c12-10-8(2-1-3-9(10)13)11(16)14-5-4-7(15)6-14/h1-3,7,15H,4-6,13H2/t7-/m0/s1. The number of aliphatic hydroxyl groups excluding tert-OH is 1. The van der Waals surface area contributed by atoms with Gasteiger partial charge in [-0.1, -0.05) is 6.07 Å². The van der Waals surface area contributed by atoms with Crippen LogP contribution >= 0.6 is 15.9 Å². The van der Waals surface area contributed by atoms with Crippen molar-refractivity contribution < 1.29 is 9.90 Å². The molecular weight excluding hydrogens is 272 g/mol. The van der Waals surface area contributed by atoms with Crippen LogP contribution in [-0.2, 0) is 0 Å². The molecule has 1 fully saturated rings. The van der Waals surface area contributed by atoms with Gasteiger partial charge in [-0.25, -0.2) is 0 Å². The van der Waals surface area contributed by atoms with Crippen molar-refractivity contribution in [2.45, 2.75) is 12.5 Å². The molecule has 1 atom stereocenters. The van der Waals surface area contributed by atoms with E-state index in [1.807, 2.05) is 0 Å². The molecule has 0 radical (unpaired) electrons. The van der Waals surface area contributed by atoms with Crippen molar-refractivity contribution >= 4 is 27.5 Å². The van der Waals surface area contributed by atoms with Gasteiger partial charge in [-0.3, -0.25) is 4.79 Å². The highest BCUT2D eigenvalue weighted by Crippen LogP contribution is 2.26. The third-order valence-corrected chi connectivity index (χ3v) is 3.59. The lowest BCUT2D eigenvalue weighted by Gasteiger charge is -2.16. The summed E-state index contributed by atoms with van der Waals surface area (Å²) in [6.07, 6.45) is 0.245. The molecule has 86 valence electrons. The monoisotopic (exact) mass is 284 g/mol. The zero-order chi connectivity index (χ0) is 11.7. The van der Waals surface area contributed by atoms with Crippen molar-refractivity contribution in [2.75, 3.05) is 18.8 Å². The number of hydrogen-bond acceptors (Lipinski definition) is 3. The summed E-state index contributed by atoms with van der Waals surface area (Å²) in [7, 11) is 0. The minimum absolute atomic E-state index is 0.0873. The second-order valence-electron chi connectivity index (χ2n) is 3.90. The number of rotatable bonds is 1. The van der Waals surface area contributed by atoms with Crippen molar-refractivity contribution in [1.82, 2.24) is 4.90 Å². The summed E-state index contributed by atoms with van der Waals surface area (Å²) in [5.41, 5.74) is 6.81. The molecule has 0 bridgehead atoms. The maximum Gasteiger partial charge on any atom is 0.255 e. The SMILES string of the molecule is Nc1cccc(C(=O)N2CC[C@H](O)C2)c1Br. The topological polar surface area (TPSA) is 66.6 Å². The smallest absolute Gasteiger partial charge is 0.255 e. The number of carbonyl (C=O) groups is 1. The van der Waals surface area contributed by atoms with Gasteiger partial charge >= 0.3 is 0 Å². The summed E-state index contributed by atoms with van der Waals surface area (Å²) < 4.78 is 0.626. The van der Waals surface area contributed by atoms with Gasteiger partial charge in [-0.05, 0) is 34.5 Å². The predicted octanol–water partition coefficient (Wildman–Crippen LogP) is 1.24. The second-order valence-corrected chi connectivity index (χ2v) is 4.70. The van der Waals surface area contributed by atoms with Crippen LogP contribution in [0.5, 0.6) is 0 Å². The average Bonchev–Trinajstić information content (AvgIpc) is 2.68. The number of anilines is 1. The Morgan fingerprint density at radius 2 is 2.31 bits per heavy atom. The minimum Gasteiger partial charge on any atom is -0.398 e. The lowest BCUT2D eigenvalue weighted by molar-refractivity contribution is 0.0764. The minimum atomic E-state index is -0.399. The molecule has 1 aromatic rings. The van der Waals surface area contributed by atoms with E-state index in [0.717, 1.165) is 0 Å². The van der Waals surface area contributed by atoms with Gasteiger partial charge in [0.25, 0.3) is 5.91 Å². The summed E-state index contributed by atoms with van der Waals surface area (Å²) in [5, 5.41) is 9.39. The molecule has 1 heterocycles. The number of halogens is 1. The number of carbonyl (C=O) groups excluding carboxylic acids is 1. The number of amides is 1. The molecule has 1 amide bonds. The van der Waals surface area contributed by atoms with Gasteiger partial charge in [0.15, 0.2) is 0 Å². The van der Waals surface area contributed by atoms with E-state index in [1.165, 1.54) is 0 Å². The zero-order valence-corrected chi connectivity index (χ0v) is 10.3. The quantitative estimate of drug-likeness (QED) is 0.763. The first-order chi connectivity index (χ1) is 7.59. The van der Waals surface area contributed by atoms with E-state index >= 15 is 0 Å². The van der Waals surface area contributed by atoms with Crippen LogP contribution in [0.25, 0.3) is 0 Å². The first-order valence-corrected chi connectivity index (χ1v) is 5.90. The molecule has 1 aliphatic heterocycles. The Hall–Kier alpha value is -1.07. The second kappa shape index (κ2) is 4.43. The Morgan fingerprint density at radius 3 is 2.94 bits per heavy atom. The van der Waals surface area contributed by atoms with Crippen molar-refractivity contribution in [3.63, 3.8) is 0 Å². The highest BCUT2D eigenvalue weighted by Gasteiger charge is 2.26. The largest absolute Gasteiger partial charge is 0.398 e. The molecule has 2 rings (SSSR count). The van der Waals surface area contributed by atoms with Crippen molar-refractivity contribution in [2.24, 2.45) is 0 Å². The summed E-state index contributed by atoms with van der Waals surface area (Å²) in [6, 6.07) is 5.22. The number of benzene rings is 1. The maximum absolute atomic E-state index is 12.1. The van der Waals surface area contributed by atoms with E-state index in [9.17, 15) is 9.90 Å². The van der Waals surface area contributed by atoms with Crippen molar-refractivity contribution in [3.8, 4) is 0 Å². The highest BCUT2D eigenvalue weighted by atomic mass is 79.9. The lowest BCUT2D eigenvalue weighted by atomic mass is 10.2. The Morgan fingerprint density at radius 1 is 1.56 bits per heavy atom. The van der Waals surface area contributed by atoms with E-state index in [-0.39, 0.29) is 5.91 Å². The number of nitrogens with zero attached hydrogens (tertiary/aromatic N) is 1. The fourth-order valence-corrected chi connectivity index (χ4v) is 2.25. The van der Waals surface area contributed by atoms with E-state index < -0.39 is 6.10 Å². The third-order valence-electron chi connectivity index (χ3n) is 2.71. The van der Waals surface area contributed by atoms with Gasteiger partial charge in [-0.2, -0.15) is 0 Å². The molecule has 3 N–H and O–H groups in total. The number of hydrogen-bond donors (Lipinski definition) is 2. The molecule has 1 aromatic carbocycles. The predicted molar refractivity (Wildman–Crippen MR) is 65.1 cm³/mol. The van der Waals surface area contributed by atoms with Crippen molar-refractivity contribution in [1.29, 1.82) is 0 Å². The average molecular weight is 285 g/mol. The Balaban J connectivity index is 2.24. The molecule has 0 aliphatic carbocycles. The summed E-state index contributed by atoms with van der Waals surface area (Å²) in [5.74, 6) is -0.0873. The number of β-amino-alcohol motifs (C(OH)–C–C–N with tert-alkyl or cyclic N) is 1. The fourth-order valence-electron chi connectivity index (χ4n) is 1.81. The summed E-state index contributed by atoms with van der Waals surface area (Å²) >= 11 is 3.31. The number of nitrogens with two attached hydrogens (primary N) is 1. The van der Waals surface area contributed by atoms with Crippen LogP contribution in [0.15, 0.2) is 22.7 Å². The van der Waals surface area contributed by atoms with E-state index in [2.05, 4.69) is 15.9 Å². The van der Waals surface area contributed by atoms with Crippen LogP contribution in [0, 0.1) is 0 Å². The van der Waals surface area contributed by atoms with E-state index in [1.54, 1.807) is 23.1 Å². The van der Waals surface area contributed by atoms with Crippen LogP contribution in [0.2, 0.25) is 0 Å². The molecule has 0 spiro atoms. The van der Waals surface area contributed by atoms with Crippen LogP contribution in [0.3, 0.4) is 0 Å². The molecule has 1 saturated heterocycles. The first-order valence-electron chi connectivity index (χ1n) is 5.11. The van der Waals surface area contributed by atoms with Gasteiger partial charge in [0.1, 0.15) is 0 Å². The highest BCUT2D eigenvalue weighted by molar-refractivity contribution is 9.10. The lowest BCUT2D eigenvalue weighted by Crippen LogP contribution is -2.29. The van der Waals surface area contributed by atoms with Gasteiger partial charge in [0.05, 0.1) is 16.1 Å². The van der Waals surface area contributed by atoms with Crippen molar-refractivity contribution in [3.05, 3.63) is 28.2 Å². The molecule has 0 aromatic heterocycles. The molecule has 0 saturated carbocycles. The number of aliphatic hydroxyl groups is 1. The molecular formula is C11H13BrN2O2. The van der Waals surface area contributed by atoms with Crippen LogP contribution < -0.4 is 5.73 Å². The van der Waals surface area contributed by atoms with Crippen LogP contribution in [-0.4, -0.2) is 35.1 Å². The third kappa shape index (κ3) is 2.05. The van der Waals surface area contributed by atoms with Gasteiger partial charge in [0, 0.05) is 18.8 Å². The fraction of sp³-hybridized carbons (Fsp3) is 0.364. The Kier molecular flexibility index (Phi) is 3.16. The van der Waals surface area contributed by atoms with Gasteiger partial charge in [-0.15, -0.1) is 0 Å². The first kappa shape index (κ1) is 11.4. The number of likely N-dealkylation sites (tertiary alicyclic amines) is 1. The zero-order valence-electron chi connectivity index (χ0n) is 8.69. The molecule has 0 unspecified atom stereocenters. The number of nitrogen functional groups attached to an aromatic ring is 1. The Labute approximate surface area is 102 Å². The normalized spacial score (nSPS) is 20.1. The van der Waals surface area contributed by atoms with E-state index in [0.29, 0.717) is 35.2 Å². The summed E-state index contributed by atoms with van der Waals surface area (Å²) in [6.45, 7) is 1.00. The maximum atomic E-state index is 12.1. The summed E-state index contributed by atoms with van der Waals surface area (Å²) in [4.78, 5) is 13.7. The molecule has 5 heteroatoms. The molecule has 16 heavy (non-hydrogen) atoms.